The first-order valence-electron chi connectivity index (χ1n) is 17.8. The van der Waals surface area contributed by atoms with Crippen molar-refractivity contribution in [1.82, 2.24) is 14.5 Å². The summed E-state index contributed by atoms with van der Waals surface area (Å²) < 4.78 is 35.8. The molecule has 274 valence electrons. The Hall–Kier alpha value is -4.45. The van der Waals surface area contributed by atoms with Crippen molar-refractivity contribution in [2.75, 3.05) is 6.61 Å². The highest BCUT2D eigenvalue weighted by molar-refractivity contribution is 6.34. The molecule has 4 aromatic carbocycles. The van der Waals surface area contributed by atoms with Crippen LogP contribution in [0, 0.1) is 6.92 Å². The van der Waals surface area contributed by atoms with Gasteiger partial charge in [-0.05, 0) is 41.7 Å². The van der Waals surface area contributed by atoms with Gasteiger partial charge in [-0.2, -0.15) is 0 Å². The van der Waals surface area contributed by atoms with Gasteiger partial charge in [0.1, 0.15) is 47.1 Å². The second-order valence-corrected chi connectivity index (χ2v) is 13.9. The Balaban J connectivity index is 1.34. The maximum atomic E-state index is 13.0. The van der Waals surface area contributed by atoms with Crippen molar-refractivity contribution in [2.45, 2.75) is 76.5 Å². The summed E-state index contributed by atoms with van der Waals surface area (Å²) in [4.78, 5) is 8.84. The van der Waals surface area contributed by atoms with Crippen LogP contribution in [0.4, 0.5) is 0 Å². The summed E-state index contributed by atoms with van der Waals surface area (Å²) in [6, 6.07) is 39.7. The maximum Gasteiger partial charge on any atom is 0.167 e. The number of ether oxygens (including phenoxy) is 5. The molecule has 1 fully saturated rings. The second-order valence-electron chi connectivity index (χ2n) is 13.6. The van der Waals surface area contributed by atoms with Crippen LogP contribution < -0.4 is 0 Å². The molecule has 3 heterocycles. The molecular formula is C43H44ClN3O6. The van der Waals surface area contributed by atoms with Crippen molar-refractivity contribution >= 4 is 22.6 Å². The molecule has 0 saturated carbocycles. The Kier molecular flexibility index (Phi) is 11.9. The number of hydrogen-bond acceptors (Lipinski definition) is 8. The Labute approximate surface area is 315 Å². The van der Waals surface area contributed by atoms with Crippen LogP contribution in [0.1, 0.15) is 41.0 Å². The van der Waals surface area contributed by atoms with Gasteiger partial charge in [-0.25, -0.2) is 9.97 Å². The van der Waals surface area contributed by atoms with Crippen molar-refractivity contribution in [1.29, 1.82) is 0 Å². The summed E-state index contributed by atoms with van der Waals surface area (Å²) in [5.41, 5.74) is 3.54. The van der Waals surface area contributed by atoms with Gasteiger partial charge in [-0.15, -0.1) is 0 Å². The highest BCUT2D eigenvalue weighted by Crippen LogP contribution is 2.42. The normalized spacial score (nSPS) is 23.2. The molecule has 2 aromatic heterocycles. The van der Waals surface area contributed by atoms with E-state index < -0.39 is 36.2 Å². The smallest absolute Gasteiger partial charge is 0.167 e. The van der Waals surface area contributed by atoms with Crippen molar-refractivity contribution in [3.63, 3.8) is 0 Å². The van der Waals surface area contributed by atoms with Gasteiger partial charge in [-0.3, -0.25) is 0 Å². The maximum absolute atomic E-state index is 13.0. The van der Waals surface area contributed by atoms with E-state index in [-0.39, 0.29) is 26.4 Å². The largest absolute Gasteiger partial charge is 0.383 e. The number of fused-ring (bicyclic) bond motifs is 1. The third-order valence-corrected chi connectivity index (χ3v) is 9.90. The Morgan fingerprint density at radius 1 is 0.698 bits per heavy atom. The lowest BCUT2D eigenvalue weighted by Gasteiger charge is -2.40. The SMILES string of the molecule is Cc1cn([C@@H]2O[C@H](COCc3ccccc3)[C@H](OCc3ccccc3)[C@H](OCc3ccccc3)[C@@H](OCc3ccccc3)[C@@]2(C)O)c2ncnc(Cl)c12. The van der Waals surface area contributed by atoms with E-state index in [0.29, 0.717) is 22.8 Å². The van der Waals surface area contributed by atoms with Crippen LogP contribution in [0.5, 0.6) is 0 Å². The predicted octanol–water partition coefficient (Wildman–Crippen LogP) is 8.01. The average Bonchev–Trinajstić information content (AvgIpc) is 3.49. The summed E-state index contributed by atoms with van der Waals surface area (Å²) >= 11 is 6.61. The van der Waals surface area contributed by atoms with Gasteiger partial charge >= 0.3 is 0 Å². The van der Waals surface area contributed by atoms with Crippen LogP contribution in [-0.2, 0) is 50.1 Å². The van der Waals surface area contributed by atoms with Crippen molar-refractivity contribution in [3.05, 3.63) is 167 Å². The molecular weight excluding hydrogens is 690 g/mol. The van der Waals surface area contributed by atoms with E-state index >= 15 is 0 Å². The number of aliphatic hydroxyl groups is 1. The Bertz CT molecular complexity index is 2030. The van der Waals surface area contributed by atoms with E-state index in [0.717, 1.165) is 27.8 Å². The highest BCUT2D eigenvalue weighted by Gasteiger charge is 2.56. The summed E-state index contributed by atoms with van der Waals surface area (Å²) in [7, 11) is 0. The van der Waals surface area contributed by atoms with E-state index in [1.54, 1.807) is 6.92 Å². The molecule has 53 heavy (non-hydrogen) atoms. The lowest BCUT2D eigenvalue weighted by molar-refractivity contribution is -0.219. The van der Waals surface area contributed by atoms with Crippen LogP contribution >= 0.6 is 11.6 Å². The van der Waals surface area contributed by atoms with Gasteiger partial charge in [0.15, 0.2) is 6.23 Å². The van der Waals surface area contributed by atoms with Crippen molar-refractivity contribution < 1.29 is 28.8 Å². The number of rotatable bonds is 14. The zero-order valence-electron chi connectivity index (χ0n) is 29.8. The molecule has 0 radical (unpaired) electrons. The monoisotopic (exact) mass is 733 g/mol. The fourth-order valence-corrected chi connectivity index (χ4v) is 7.21. The van der Waals surface area contributed by atoms with E-state index in [1.165, 1.54) is 6.33 Å². The number of benzene rings is 4. The molecule has 9 nitrogen and oxygen atoms in total. The molecule has 1 saturated heterocycles. The van der Waals surface area contributed by atoms with Gasteiger partial charge in [0.25, 0.3) is 0 Å². The van der Waals surface area contributed by atoms with Crippen molar-refractivity contribution in [2.24, 2.45) is 0 Å². The minimum Gasteiger partial charge on any atom is -0.383 e. The number of aromatic nitrogens is 3. The van der Waals surface area contributed by atoms with Gasteiger partial charge in [0, 0.05) is 6.20 Å². The van der Waals surface area contributed by atoms with Crippen LogP contribution in [0.3, 0.4) is 0 Å². The summed E-state index contributed by atoms with van der Waals surface area (Å²) in [6.45, 7) is 4.85. The summed E-state index contributed by atoms with van der Waals surface area (Å²) in [6.07, 6.45) is -1.03. The molecule has 1 aliphatic heterocycles. The van der Waals surface area contributed by atoms with Crippen LogP contribution in [0.2, 0.25) is 5.15 Å². The van der Waals surface area contributed by atoms with E-state index in [9.17, 15) is 5.11 Å². The number of hydrogen-bond donors (Lipinski definition) is 1. The first-order valence-corrected chi connectivity index (χ1v) is 18.2. The van der Waals surface area contributed by atoms with Gasteiger partial charge in [-0.1, -0.05) is 133 Å². The Morgan fingerprint density at radius 3 is 1.74 bits per heavy atom. The standard InChI is InChI=1S/C43H44ClN3O6/c1-30-23-47(41-36(30)40(44)45-29-46-41)42-43(2,48)39(52-27-34-21-13-6-14-22-34)38(51-26-33-19-11-5-12-20-33)37(50-25-32-17-9-4-10-18-32)35(53-42)28-49-24-31-15-7-3-8-16-31/h3-23,29,35,37-39,42,48H,24-28H2,1-2H3/t35-,37+,38+,39-,42-,43-/m1/s1. The molecule has 0 amide bonds. The molecule has 0 aliphatic carbocycles. The molecule has 7 rings (SSSR count). The number of aryl methyl sites for hydroxylation is 1. The second kappa shape index (κ2) is 17.1. The van der Waals surface area contributed by atoms with E-state index in [2.05, 4.69) is 9.97 Å². The predicted molar refractivity (Wildman–Crippen MR) is 203 cm³/mol. The van der Waals surface area contributed by atoms with E-state index in [4.69, 9.17) is 35.3 Å². The fraction of sp³-hybridized carbons (Fsp3) is 0.302. The Morgan fingerprint density at radius 2 is 1.19 bits per heavy atom. The molecule has 0 unspecified atom stereocenters. The molecule has 10 heteroatoms. The number of nitrogens with zero attached hydrogens (tertiary/aromatic N) is 3. The zero-order valence-corrected chi connectivity index (χ0v) is 30.6. The molecule has 6 atom stereocenters. The van der Waals surface area contributed by atoms with E-state index in [1.807, 2.05) is 139 Å². The lowest BCUT2D eigenvalue weighted by atomic mass is 9.89. The van der Waals surface area contributed by atoms with Crippen LogP contribution in [0.15, 0.2) is 134 Å². The first kappa shape index (κ1) is 36.9. The van der Waals surface area contributed by atoms with Crippen LogP contribution in [-0.4, -0.2) is 56.3 Å². The third-order valence-electron chi connectivity index (χ3n) is 9.61. The topological polar surface area (TPSA) is 97.1 Å². The number of halogens is 1. The summed E-state index contributed by atoms with van der Waals surface area (Å²) in [5, 5.41) is 14.0. The van der Waals surface area contributed by atoms with Gasteiger partial charge in [0.05, 0.1) is 38.4 Å². The molecule has 6 aromatic rings. The lowest BCUT2D eigenvalue weighted by Crippen LogP contribution is -2.56. The van der Waals surface area contributed by atoms with Crippen molar-refractivity contribution in [3.8, 4) is 0 Å². The fourth-order valence-electron chi connectivity index (χ4n) is 6.93. The molecule has 1 N–H and O–H groups in total. The highest BCUT2D eigenvalue weighted by atomic mass is 35.5. The third kappa shape index (κ3) is 8.69. The summed E-state index contributed by atoms with van der Waals surface area (Å²) in [5.74, 6) is 0. The van der Waals surface area contributed by atoms with Crippen LogP contribution in [0.25, 0.3) is 11.0 Å². The molecule has 1 aliphatic rings. The molecule has 0 spiro atoms. The first-order chi connectivity index (χ1) is 25.9. The van der Waals surface area contributed by atoms with Gasteiger partial charge < -0.3 is 33.4 Å². The quantitative estimate of drug-likeness (QED) is 0.113. The average molecular weight is 734 g/mol. The molecule has 0 bridgehead atoms. The van der Waals surface area contributed by atoms with Gasteiger partial charge in [0.2, 0.25) is 0 Å². The zero-order chi connectivity index (χ0) is 36.6. The minimum absolute atomic E-state index is 0.130. The minimum atomic E-state index is -1.71.